The van der Waals surface area contributed by atoms with Gasteiger partial charge in [0.2, 0.25) is 0 Å². The smallest absolute Gasteiger partial charge is 0.274 e. The Balaban J connectivity index is 1.14. The number of nitrogens with zero attached hydrogens (tertiary/aromatic N) is 7. The molecule has 10 nitrogen and oxygen atoms in total. The zero-order valence-corrected chi connectivity index (χ0v) is 19.4. The number of carbonyl (C=O) groups excluding carboxylic acids is 1. The predicted molar refractivity (Wildman–Crippen MR) is 120 cm³/mol. The van der Waals surface area contributed by atoms with Crippen molar-refractivity contribution >= 4 is 11.7 Å². The number of aromatic nitrogens is 6. The summed E-state index contributed by atoms with van der Waals surface area (Å²) >= 11 is 0. The molecule has 0 spiro atoms. The number of nitrogens with one attached hydrogen (secondary N) is 1. The molecular formula is C23H26F2N8O2. The Morgan fingerprint density at radius 3 is 2.83 bits per heavy atom. The maximum atomic E-state index is 13.5. The first-order valence-electron chi connectivity index (χ1n) is 11.7. The maximum absolute atomic E-state index is 13.5. The van der Waals surface area contributed by atoms with Gasteiger partial charge in [0.25, 0.3) is 11.8 Å². The van der Waals surface area contributed by atoms with Gasteiger partial charge in [-0.25, -0.2) is 23.4 Å². The number of aliphatic hydroxyl groups excluding tert-OH is 1. The molecule has 2 aliphatic carbocycles. The zero-order valence-electron chi connectivity index (χ0n) is 19.4. The summed E-state index contributed by atoms with van der Waals surface area (Å²) in [5.41, 5.74) is 3.36. The Kier molecular flexibility index (Phi) is 4.92. The van der Waals surface area contributed by atoms with Gasteiger partial charge in [-0.05, 0) is 31.4 Å². The van der Waals surface area contributed by atoms with Crippen molar-refractivity contribution in [2.45, 2.75) is 44.4 Å². The number of aliphatic hydroxyl groups is 1. The molecule has 184 valence electrons. The molecule has 1 saturated heterocycles. The highest BCUT2D eigenvalue weighted by Crippen LogP contribution is 2.59. The summed E-state index contributed by atoms with van der Waals surface area (Å²) in [5.74, 6) is -3.51. The number of piperidine rings is 1. The number of halogens is 2. The number of fused-ring (bicyclic) bond motifs is 2. The van der Waals surface area contributed by atoms with Crippen LogP contribution in [-0.4, -0.2) is 59.6 Å². The number of amides is 1. The predicted octanol–water partition coefficient (Wildman–Crippen LogP) is 1.63. The van der Waals surface area contributed by atoms with Gasteiger partial charge in [0.15, 0.2) is 5.69 Å². The standard InChI is InChI=1S/C23H26F2N8O2/c1-12(34)20-13(3-6-19(28-20)32-8-14-15(9-32)23(14,24)25)7-33-10-17(29-30-33)22(35)27-16-4-5-18-21(16)26-11-31(18)2/h3,6,10-12,14-16,34H,4-5,7-9H2,1-2H3,(H,27,35)/t12?,14?,15?,16-/m1/s1. The van der Waals surface area contributed by atoms with Crippen LogP contribution in [0, 0.1) is 11.8 Å². The van der Waals surface area contributed by atoms with Crippen molar-refractivity contribution in [3.63, 3.8) is 0 Å². The number of alkyl halides is 2. The molecule has 0 aromatic carbocycles. The molecule has 4 atom stereocenters. The Morgan fingerprint density at radius 1 is 1.31 bits per heavy atom. The quantitative estimate of drug-likeness (QED) is 0.547. The molecule has 3 unspecified atom stereocenters. The number of imidazole rings is 1. The minimum atomic E-state index is -2.56. The van der Waals surface area contributed by atoms with Gasteiger partial charge in [-0.15, -0.1) is 5.10 Å². The summed E-state index contributed by atoms with van der Waals surface area (Å²) in [6, 6.07) is 3.44. The van der Waals surface area contributed by atoms with Crippen LogP contribution in [0.1, 0.15) is 58.6 Å². The molecule has 0 bridgehead atoms. The number of rotatable bonds is 6. The second kappa shape index (κ2) is 7.80. The first-order chi connectivity index (χ1) is 16.7. The van der Waals surface area contributed by atoms with Gasteiger partial charge in [-0.3, -0.25) is 4.79 Å². The van der Waals surface area contributed by atoms with E-state index in [0.29, 0.717) is 17.1 Å². The molecule has 6 rings (SSSR count). The van der Waals surface area contributed by atoms with E-state index in [0.717, 1.165) is 24.2 Å². The van der Waals surface area contributed by atoms with E-state index in [1.165, 1.54) is 4.68 Å². The van der Waals surface area contributed by atoms with E-state index in [9.17, 15) is 18.7 Å². The minimum absolute atomic E-state index is 0.154. The van der Waals surface area contributed by atoms with Crippen molar-refractivity contribution in [1.29, 1.82) is 0 Å². The van der Waals surface area contributed by atoms with Crippen LogP contribution in [0.4, 0.5) is 14.6 Å². The lowest BCUT2D eigenvalue weighted by atomic mass is 10.1. The molecule has 3 aromatic rings. The van der Waals surface area contributed by atoms with Crippen molar-refractivity contribution in [2.24, 2.45) is 18.9 Å². The average molecular weight is 485 g/mol. The zero-order chi connectivity index (χ0) is 24.5. The molecule has 4 heterocycles. The largest absolute Gasteiger partial charge is 0.387 e. The molecule has 35 heavy (non-hydrogen) atoms. The van der Waals surface area contributed by atoms with E-state index in [-0.39, 0.29) is 37.3 Å². The van der Waals surface area contributed by atoms with Gasteiger partial charge >= 0.3 is 0 Å². The Labute approximate surface area is 200 Å². The van der Waals surface area contributed by atoms with Crippen LogP contribution in [0.25, 0.3) is 0 Å². The lowest BCUT2D eigenvalue weighted by molar-refractivity contribution is 0.0796. The SMILES string of the molecule is CC(O)c1nc(N2CC3C(C2)C3(F)F)ccc1Cn1cc(C(=O)N[C@@H]2CCc3c2ncn3C)nn1. The summed E-state index contributed by atoms with van der Waals surface area (Å²) in [4.78, 5) is 23.6. The molecule has 3 aromatic heterocycles. The van der Waals surface area contributed by atoms with Gasteiger partial charge in [-0.2, -0.15) is 0 Å². The molecule has 12 heteroatoms. The van der Waals surface area contributed by atoms with E-state index >= 15 is 0 Å². The van der Waals surface area contributed by atoms with E-state index in [2.05, 4.69) is 25.6 Å². The molecular weight excluding hydrogens is 458 g/mol. The van der Waals surface area contributed by atoms with Gasteiger partial charge in [0.05, 0.1) is 54.4 Å². The van der Waals surface area contributed by atoms with Crippen LogP contribution in [0.5, 0.6) is 0 Å². The topological polar surface area (TPSA) is 114 Å². The second-order valence-electron chi connectivity index (χ2n) is 9.74. The molecule has 0 radical (unpaired) electrons. The summed E-state index contributed by atoms with van der Waals surface area (Å²) in [6.45, 7) is 2.40. The Morgan fingerprint density at radius 2 is 2.09 bits per heavy atom. The third kappa shape index (κ3) is 3.67. The van der Waals surface area contributed by atoms with Crippen molar-refractivity contribution in [3.8, 4) is 0 Å². The van der Waals surface area contributed by atoms with Gasteiger partial charge in [-0.1, -0.05) is 11.3 Å². The summed E-state index contributed by atoms with van der Waals surface area (Å²) in [7, 11) is 1.94. The fourth-order valence-corrected chi connectivity index (χ4v) is 5.37. The lowest BCUT2D eigenvalue weighted by Crippen LogP contribution is -2.28. The first-order valence-corrected chi connectivity index (χ1v) is 11.7. The second-order valence-corrected chi connectivity index (χ2v) is 9.74. The fourth-order valence-electron chi connectivity index (χ4n) is 5.37. The highest BCUT2D eigenvalue weighted by Gasteiger charge is 2.71. The first kappa shape index (κ1) is 22.1. The van der Waals surface area contributed by atoms with Crippen molar-refractivity contribution in [2.75, 3.05) is 18.0 Å². The van der Waals surface area contributed by atoms with Crippen LogP contribution in [0.2, 0.25) is 0 Å². The van der Waals surface area contributed by atoms with Crippen LogP contribution in [0.3, 0.4) is 0 Å². The van der Waals surface area contributed by atoms with Crippen LogP contribution in [0.15, 0.2) is 24.7 Å². The number of hydrogen-bond acceptors (Lipinski definition) is 7. The summed E-state index contributed by atoms with van der Waals surface area (Å²) < 4.78 is 30.6. The van der Waals surface area contributed by atoms with Crippen LogP contribution in [-0.2, 0) is 20.0 Å². The van der Waals surface area contributed by atoms with Crippen molar-refractivity contribution in [3.05, 3.63) is 53.0 Å². The molecule has 1 saturated carbocycles. The monoisotopic (exact) mass is 484 g/mol. The van der Waals surface area contributed by atoms with Gasteiger partial charge < -0.3 is 19.9 Å². The number of hydrogen-bond donors (Lipinski definition) is 2. The fraction of sp³-hybridized carbons (Fsp3) is 0.522. The van der Waals surface area contributed by atoms with E-state index in [4.69, 9.17) is 0 Å². The minimum Gasteiger partial charge on any atom is -0.387 e. The van der Waals surface area contributed by atoms with Crippen molar-refractivity contribution < 1.29 is 18.7 Å². The molecule has 2 N–H and O–H groups in total. The van der Waals surface area contributed by atoms with Crippen LogP contribution < -0.4 is 10.2 Å². The third-order valence-corrected chi connectivity index (χ3v) is 7.42. The maximum Gasteiger partial charge on any atom is 0.274 e. The van der Waals surface area contributed by atoms with Gasteiger partial charge in [0.1, 0.15) is 5.82 Å². The Bertz CT molecular complexity index is 1290. The molecule has 1 aliphatic heterocycles. The van der Waals surface area contributed by atoms with E-state index in [1.807, 2.05) is 22.6 Å². The van der Waals surface area contributed by atoms with E-state index < -0.39 is 23.9 Å². The number of pyridine rings is 1. The number of aryl methyl sites for hydroxylation is 1. The van der Waals surface area contributed by atoms with Crippen LogP contribution >= 0.6 is 0 Å². The number of carbonyl (C=O) groups is 1. The highest BCUT2D eigenvalue weighted by molar-refractivity contribution is 5.92. The van der Waals surface area contributed by atoms with E-state index in [1.54, 1.807) is 25.5 Å². The average Bonchev–Trinajstić information content (AvgIpc) is 3.46. The number of anilines is 1. The lowest BCUT2D eigenvalue weighted by Gasteiger charge is -2.23. The van der Waals surface area contributed by atoms with Gasteiger partial charge in [0, 0.05) is 25.8 Å². The normalized spacial score (nSPS) is 24.8. The Hall–Kier alpha value is -3.41. The molecule has 2 fully saturated rings. The highest BCUT2D eigenvalue weighted by atomic mass is 19.3. The molecule has 1 amide bonds. The van der Waals surface area contributed by atoms with Crippen molar-refractivity contribution in [1.82, 2.24) is 34.8 Å². The summed E-state index contributed by atoms with van der Waals surface area (Å²) in [6.07, 6.45) is 4.10. The molecule has 3 aliphatic rings. The third-order valence-electron chi connectivity index (χ3n) is 7.42. The summed E-state index contributed by atoms with van der Waals surface area (Å²) in [5, 5.41) is 21.4.